The van der Waals surface area contributed by atoms with E-state index in [0.29, 0.717) is 5.57 Å². The Balaban J connectivity index is 1.60. The Morgan fingerprint density at radius 3 is 2.06 bits per heavy atom. The molecule has 5 nitrogen and oxygen atoms in total. The zero-order valence-electron chi connectivity index (χ0n) is 17.5. The maximum Gasteiger partial charge on any atom is 0.267 e. The van der Waals surface area contributed by atoms with Gasteiger partial charge in [-0.3, -0.25) is 14.8 Å². The van der Waals surface area contributed by atoms with Crippen LogP contribution in [0, 0.1) is 0 Å². The van der Waals surface area contributed by atoms with E-state index in [0.717, 1.165) is 40.7 Å². The molecule has 1 aliphatic carbocycles. The molecule has 5 heteroatoms. The van der Waals surface area contributed by atoms with Crippen LogP contribution in [-0.4, -0.2) is 23.1 Å². The lowest BCUT2D eigenvalue weighted by Crippen LogP contribution is -2.26. The minimum absolute atomic E-state index is 0.0800. The highest BCUT2D eigenvalue weighted by Gasteiger charge is 2.25. The molecule has 1 fully saturated rings. The fraction of sp³-hybridized carbons (Fsp3) is 0.111. The van der Waals surface area contributed by atoms with Crippen LogP contribution in [0.3, 0.4) is 0 Å². The summed E-state index contributed by atoms with van der Waals surface area (Å²) in [6.45, 7) is 0. The van der Waals surface area contributed by atoms with Gasteiger partial charge in [0.25, 0.3) is 11.8 Å². The largest absolute Gasteiger partial charge is 0.349 e. The van der Waals surface area contributed by atoms with Crippen molar-refractivity contribution in [2.24, 2.45) is 0 Å². The molecule has 3 aromatic rings. The number of nitrogens with one attached hydrogen (secondary N) is 2. The van der Waals surface area contributed by atoms with Crippen molar-refractivity contribution in [3.63, 3.8) is 0 Å². The molecule has 1 saturated carbocycles. The summed E-state index contributed by atoms with van der Waals surface area (Å²) in [6.07, 6.45) is 6.77. The van der Waals surface area contributed by atoms with Gasteiger partial charge in [0.2, 0.25) is 0 Å². The number of amides is 2. The third-order valence-electron chi connectivity index (χ3n) is 5.25. The molecule has 0 aliphatic heterocycles. The lowest BCUT2D eigenvalue weighted by molar-refractivity contribution is -0.124. The average Bonchev–Trinajstić information content (AvgIpc) is 3.66. The van der Waals surface area contributed by atoms with Crippen LogP contribution < -0.4 is 10.8 Å². The second kappa shape index (κ2) is 9.90. The fourth-order valence-electron chi connectivity index (χ4n) is 3.32. The molecule has 0 aromatic heterocycles. The van der Waals surface area contributed by atoms with Crippen molar-refractivity contribution in [1.29, 1.82) is 0 Å². The third-order valence-corrected chi connectivity index (χ3v) is 5.25. The first-order valence-corrected chi connectivity index (χ1v) is 10.5. The lowest BCUT2D eigenvalue weighted by atomic mass is 9.98. The first kappa shape index (κ1) is 21.3. The minimum Gasteiger partial charge on any atom is -0.349 e. The molecule has 0 heterocycles. The van der Waals surface area contributed by atoms with Gasteiger partial charge in [0.05, 0.1) is 0 Å². The molecule has 3 aromatic carbocycles. The summed E-state index contributed by atoms with van der Waals surface area (Å²) in [5.41, 5.74) is 6.93. The average molecular weight is 425 g/mol. The predicted octanol–water partition coefficient (Wildman–Crippen LogP) is 4.69. The van der Waals surface area contributed by atoms with E-state index in [4.69, 9.17) is 5.21 Å². The maximum absolute atomic E-state index is 13.0. The van der Waals surface area contributed by atoms with Crippen molar-refractivity contribution in [3.8, 4) is 11.1 Å². The van der Waals surface area contributed by atoms with Crippen LogP contribution in [0.1, 0.15) is 29.5 Å². The van der Waals surface area contributed by atoms with Crippen LogP contribution >= 0.6 is 0 Å². The Morgan fingerprint density at radius 1 is 0.812 bits per heavy atom. The maximum atomic E-state index is 13.0. The second-order valence-electron chi connectivity index (χ2n) is 7.73. The van der Waals surface area contributed by atoms with Crippen molar-refractivity contribution in [2.45, 2.75) is 18.9 Å². The molecule has 0 saturated heterocycles. The second-order valence-corrected chi connectivity index (χ2v) is 7.73. The van der Waals surface area contributed by atoms with E-state index in [1.54, 1.807) is 11.6 Å². The fourth-order valence-corrected chi connectivity index (χ4v) is 3.32. The van der Waals surface area contributed by atoms with Gasteiger partial charge in [-0.2, -0.15) is 0 Å². The SMILES string of the molecule is O=C(C=Cc1ccc(C=C(C(=O)NC2CC2)c2ccc(-c3ccccc3)cc2)cc1)NO. The molecule has 160 valence electrons. The summed E-state index contributed by atoms with van der Waals surface area (Å²) >= 11 is 0. The van der Waals surface area contributed by atoms with Gasteiger partial charge in [-0.05, 0) is 52.8 Å². The van der Waals surface area contributed by atoms with Crippen molar-refractivity contribution in [2.75, 3.05) is 0 Å². The highest BCUT2D eigenvalue weighted by Crippen LogP contribution is 2.26. The number of rotatable bonds is 7. The van der Waals surface area contributed by atoms with Crippen LogP contribution in [0.5, 0.6) is 0 Å². The van der Waals surface area contributed by atoms with Crippen LogP contribution in [0.2, 0.25) is 0 Å². The van der Waals surface area contributed by atoms with Gasteiger partial charge in [0.1, 0.15) is 0 Å². The number of carbonyl (C=O) groups is 2. The summed E-state index contributed by atoms with van der Waals surface area (Å²) in [5, 5.41) is 11.7. The molecule has 0 bridgehead atoms. The number of hydroxylamine groups is 1. The van der Waals surface area contributed by atoms with Crippen molar-refractivity contribution >= 4 is 29.5 Å². The molecule has 3 N–H and O–H groups in total. The van der Waals surface area contributed by atoms with Crippen LogP contribution in [0.25, 0.3) is 28.9 Å². The molecule has 0 spiro atoms. The van der Waals surface area contributed by atoms with Crippen LogP contribution in [-0.2, 0) is 9.59 Å². The summed E-state index contributed by atoms with van der Waals surface area (Å²) < 4.78 is 0. The Bertz CT molecular complexity index is 1140. The lowest BCUT2D eigenvalue weighted by Gasteiger charge is -2.10. The molecular weight excluding hydrogens is 400 g/mol. The van der Waals surface area contributed by atoms with E-state index >= 15 is 0 Å². The zero-order chi connectivity index (χ0) is 22.3. The molecule has 0 atom stereocenters. The highest BCUT2D eigenvalue weighted by molar-refractivity contribution is 6.24. The van der Waals surface area contributed by atoms with Crippen LogP contribution in [0.15, 0.2) is 84.9 Å². The van der Waals surface area contributed by atoms with Crippen molar-refractivity contribution in [3.05, 3.63) is 102 Å². The van der Waals surface area contributed by atoms with E-state index in [2.05, 4.69) is 17.4 Å². The van der Waals surface area contributed by atoms with Crippen molar-refractivity contribution < 1.29 is 14.8 Å². The number of carbonyl (C=O) groups excluding carboxylic acids is 2. The van der Waals surface area contributed by atoms with E-state index in [1.165, 1.54) is 6.08 Å². The molecule has 32 heavy (non-hydrogen) atoms. The number of hydrogen-bond acceptors (Lipinski definition) is 3. The molecule has 4 rings (SSSR count). The molecule has 0 unspecified atom stereocenters. The van der Waals surface area contributed by atoms with E-state index < -0.39 is 5.91 Å². The van der Waals surface area contributed by atoms with E-state index in [1.807, 2.05) is 72.8 Å². The van der Waals surface area contributed by atoms with Gasteiger partial charge in [-0.15, -0.1) is 0 Å². The number of hydrogen-bond donors (Lipinski definition) is 3. The minimum atomic E-state index is -0.591. The quantitative estimate of drug-likeness (QED) is 0.223. The van der Waals surface area contributed by atoms with Gasteiger partial charge in [0, 0.05) is 17.7 Å². The van der Waals surface area contributed by atoms with E-state index in [-0.39, 0.29) is 11.9 Å². The first-order chi connectivity index (χ1) is 15.6. The Labute approximate surface area is 187 Å². The molecule has 0 radical (unpaired) electrons. The summed E-state index contributed by atoms with van der Waals surface area (Å²) in [4.78, 5) is 24.1. The summed E-state index contributed by atoms with van der Waals surface area (Å²) in [7, 11) is 0. The van der Waals surface area contributed by atoms with Gasteiger partial charge in [0.15, 0.2) is 0 Å². The van der Waals surface area contributed by atoms with Crippen molar-refractivity contribution in [1.82, 2.24) is 10.8 Å². The zero-order valence-corrected chi connectivity index (χ0v) is 17.5. The van der Waals surface area contributed by atoms with Gasteiger partial charge in [-0.25, -0.2) is 5.48 Å². The standard InChI is InChI=1S/C27H24N2O3/c30-26(29-32)17-10-19-6-8-20(9-7-19)18-25(27(31)28-24-15-16-24)23-13-11-22(12-14-23)21-4-2-1-3-5-21/h1-14,17-18,24,32H,15-16H2,(H,28,31)(H,29,30). The monoisotopic (exact) mass is 424 g/mol. The molecule has 2 amide bonds. The third kappa shape index (κ3) is 5.59. The number of benzene rings is 3. The predicted molar refractivity (Wildman–Crippen MR) is 126 cm³/mol. The topological polar surface area (TPSA) is 78.4 Å². The summed E-state index contributed by atoms with van der Waals surface area (Å²) in [6, 6.07) is 25.9. The Kier molecular flexibility index (Phi) is 6.58. The Hall–Kier alpha value is -3.96. The smallest absolute Gasteiger partial charge is 0.267 e. The Morgan fingerprint density at radius 2 is 1.44 bits per heavy atom. The highest BCUT2D eigenvalue weighted by atomic mass is 16.5. The normalized spacial score (nSPS) is 13.7. The first-order valence-electron chi connectivity index (χ1n) is 10.5. The van der Waals surface area contributed by atoms with Gasteiger partial charge in [-0.1, -0.05) is 78.9 Å². The van der Waals surface area contributed by atoms with E-state index in [9.17, 15) is 9.59 Å². The summed E-state index contributed by atoms with van der Waals surface area (Å²) in [5.74, 6) is -0.671. The molecular formula is C27H24N2O3. The molecule has 1 aliphatic rings. The van der Waals surface area contributed by atoms with Crippen LogP contribution in [0.4, 0.5) is 0 Å². The van der Waals surface area contributed by atoms with Gasteiger partial charge < -0.3 is 5.32 Å². The van der Waals surface area contributed by atoms with Gasteiger partial charge >= 0.3 is 0 Å².